The molecule has 0 atom stereocenters. The molecule has 1 aromatic heterocycles. The maximum atomic E-state index is 13.6. The Labute approximate surface area is 233 Å². The minimum Gasteiger partial charge on any atom is -0.483 e. The fourth-order valence-electron chi connectivity index (χ4n) is 4.86. The highest BCUT2D eigenvalue weighted by atomic mass is 35.5. The third-order valence-electron chi connectivity index (χ3n) is 6.83. The minimum atomic E-state index is -4.87. The zero-order valence-corrected chi connectivity index (χ0v) is 22.8. The summed E-state index contributed by atoms with van der Waals surface area (Å²) >= 11 is 6.12. The van der Waals surface area contributed by atoms with Crippen molar-refractivity contribution in [1.29, 1.82) is 0 Å². The largest absolute Gasteiger partial charge is 0.573 e. The predicted octanol–water partition coefficient (Wildman–Crippen LogP) is 4.62. The quantitative estimate of drug-likeness (QED) is 0.392. The van der Waals surface area contributed by atoms with Gasteiger partial charge in [0.1, 0.15) is 11.4 Å². The van der Waals surface area contributed by atoms with Gasteiger partial charge in [0.05, 0.1) is 22.9 Å². The SMILES string of the molecule is O=c1c(OC2CCCC2)c(N2CCN(S(=O)(=O)c3ccc(OC(F)(F)F)cc3)CC2)cnn1-c1cccc(Cl)c1. The Balaban J connectivity index is 1.36. The molecule has 3 aromatic rings. The molecule has 2 fully saturated rings. The molecular formula is C26H26ClF3N4O5S. The standard InChI is InChI=1S/C26H26ClF3N4O5S/c27-18-4-3-5-19(16-18)34-25(35)24(38-20-6-1-2-7-20)23(17-31-34)32-12-14-33(15-13-32)40(36,37)22-10-8-21(9-11-22)39-26(28,29)30/h3-5,8-11,16-17,20H,1-2,6-7,12-15H2. The number of aromatic nitrogens is 2. The van der Waals surface area contributed by atoms with E-state index in [4.69, 9.17) is 16.3 Å². The first-order valence-electron chi connectivity index (χ1n) is 12.7. The van der Waals surface area contributed by atoms with Crippen LogP contribution in [0.1, 0.15) is 25.7 Å². The molecule has 1 aliphatic carbocycles. The molecule has 0 unspecified atom stereocenters. The van der Waals surface area contributed by atoms with Gasteiger partial charge < -0.3 is 14.4 Å². The lowest BCUT2D eigenvalue weighted by molar-refractivity contribution is -0.274. The lowest BCUT2D eigenvalue weighted by Gasteiger charge is -2.36. The number of ether oxygens (including phenoxy) is 2. The van der Waals surface area contributed by atoms with Crippen LogP contribution in [0.4, 0.5) is 18.9 Å². The van der Waals surface area contributed by atoms with Gasteiger partial charge in [-0.2, -0.15) is 14.1 Å². The third-order valence-corrected chi connectivity index (χ3v) is 8.98. The zero-order valence-electron chi connectivity index (χ0n) is 21.2. The number of alkyl halides is 3. The summed E-state index contributed by atoms with van der Waals surface area (Å²) < 4.78 is 76.1. The first-order valence-corrected chi connectivity index (χ1v) is 14.5. The van der Waals surface area contributed by atoms with Gasteiger partial charge in [0, 0.05) is 31.2 Å². The maximum Gasteiger partial charge on any atom is 0.573 e. The highest BCUT2D eigenvalue weighted by Gasteiger charge is 2.33. The van der Waals surface area contributed by atoms with Crippen molar-refractivity contribution >= 4 is 27.3 Å². The number of hydrogen-bond acceptors (Lipinski definition) is 7. The van der Waals surface area contributed by atoms with Crippen molar-refractivity contribution in [1.82, 2.24) is 14.1 Å². The number of rotatable bonds is 7. The van der Waals surface area contributed by atoms with Crippen LogP contribution in [0.25, 0.3) is 5.69 Å². The molecule has 1 aliphatic heterocycles. The summed E-state index contributed by atoms with van der Waals surface area (Å²) in [6, 6.07) is 10.8. The average Bonchev–Trinajstić information content (AvgIpc) is 3.43. The van der Waals surface area contributed by atoms with E-state index in [-0.39, 0.29) is 42.9 Å². The second-order valence-electron chi connectivity index (χ2n) is 9.49. The normalized spacial score (nSPS) is 17.2. The van der Waals surface area contributed by atoms with Crippen LogP contribution < -0.4 is 19.9 Å². The molecule has 0 amide bonds. The van der Waals surface area contributed by atoms with E-state index < -0.39 is 27.7 Å². The number of sulfonamides is 1. The molecule has 0 spiro atoms. The van der Waals surface area contributed by atoms with E-state index in [9.17, 15) is 26.4 Å². The molecule has 2 heterocycles. The van der Waals surface area contributed by atoms with Crippen LogP contribution in [0.5, 0.6) is 11.5 Å². The third kappa shape index (κ3) is 6.21. The lowest BCUT2D eigenvalue weighted by Crippen LogP contribution is -2.49. The van der Waals surface area contributed by atoms with E-state index in [1.54, 1.807) is 24.3 Å². The number of nitrogens with zero attached hydrogens (tertiary/aromatic N) is 4. The Hall–Kier alpha value is -3.29. The summed E-state index contributed by atoms with van der Waals surface area (Å²) in [7, 11) is -3.97. The van der Waals surface area contributed by atoms with Gasteiger partial charge in [0.25, 0.3) is 0 Å². The Bertz CT molecular complexity index is 1520. The predicted molar refractivity (Wildman–Crippen MR) is 142 cm³/mol. The number of anilines is 1. The highest BCUT2D eigenvalue weighted by molar-refractivity contribution is 7.89. The van der Waals surface area contributed by atoms with Crippen molar-refractivity contribution in [3.05, 3.63) is 70.1 Å². The van der Waals surface area contributed by atoms with Gasteiger partial charge >= 0.3 is 11.9 Å². The van der Waals surface area contributed by atoms with Crippen molar-refractivity contribution < 1.29 is 31.1 Å². The van der Waals surface area contributed by atoms with Gasteiger partial charge in [-0.15, -0.1) is 13.2 Å². The van der Waals surface area contributed by atoms with Crippen LogP contribution >= 0.6 is 11.6 Å². The summed E-state index contributed by atoms with van der Waals surface area (Å²) in [4.78, 5) is 15.3. The number of halogens is 4. The van der Waals surface area contributed by atoms with Crippen LogP contribution in [-0.4, -0.2) is 61.1 Å². The highest BCUT2D eigenvalue weighted by Crippen LogP contribution is 2.31. The van der Waals surface area contributed by atoms with E-state index in [1.807, 2.05) is 4.90 Å². The molecule has 5 rings (SSSR count). The Morgan fingerprint density at radius 1 is 0.975 bits per heavy atom. The summed E-state index contributed by atoms with van der Waals surface area (Å²) in [5.74, 6) is -0.357. The first kappa shape index (κ1) is 28.2. The molecular weight excluding hydrogens is 573 g/mol. The molecule has 1 saturated carbocycles. The second-order valence-corrected chi connectivity index (χ2v) is 11.9. The van der Waals surface area contributed by atoms with E-state index in [0.717, 1.165) is 49.9 Å². The molecule has 14 heteroatoms. The minimum absolute atomic E-state index is 0.0867. The maximum absolute atomic E-state index is 13.6. The molecule has 0 bridgehead atoms. The van der Waals surface area contributed by atoms with Crippen LogP contribution in [0.3, 0.4) is 0 Å². The van der Waals surface area contributed by atoms with E-state index in [1.165, 1.54) is 15.2 Å². The summed E-state index contributed by atoms with van der Waals surface area (Å²) in [6.45, 7) is 0.669. The van der Waals surface area contributed by atoms with Crippen molar-refractivity contribution in [2.45, 2.75) is 43.0 Å². The Morgan fingerprint density at radius 2 is 1.65 bits per heavy atom. The van der Waals surface area contributed by atoms with Crippen molar-refractivity contribution in [2.75, 3.05) is 31.1 Å². The molecule has 0 radical (unpaired) electrons. The molecule has 2 aromatic carbocycles. The van der Waals surface area contributed by atoms with Crippen molar-refractivity contribution in [3.8, 4) is 17.2 Å². The number of piperazine rings is 1. The summed E-state index contributed by atoms with van der Waals surface area (Å²) in [5, 5.41) is 4.80. The topological polar surface area (TPSA) is 94.0 Å². The van der Waals surface area contributed by atoms with Gasteiger partial charge in [0.15, 0.2) is 0 Å². The summed E-state index contributed by atoms with van der Waals surface area (Å²) in [5.41, 5.74) is 0.520. The van der Waals surface area contributed by atoms with Crippen LogP contribution in [-0.2, 0) is 10.0 Å². The van der Waals surface area contributed by atoms with Gasteiger partial charge in [-0.05, 0) is 68.1 Å². The second kappa shape index (κ2) is 11.3. The van der Waals surface area contributed by atoms with Crippen LogP contribution in [0, 0.1) is 0 Å². The first-order chi connectivity index (χ1) is 19.0. The van der Waals surface area contributed by atoms with Crippen molar-refractivity contribution in [3.63, 3.8) is 0 Å². The smallest absolute Gasteiger partial charge is 0.483 e. The molecule has 40 heavy (non-hydrogen) atoms. The van der Waals surface area contributed by atoms with E-state index >= 15 is 0 Å². The summed E-state index contributed by atoms with van der Waals surface area (Å²) in [6.07, 6.45) is 0.235. The molecule has 214 valence electrons. The van der Waals surface area contributed by atoms with Gasteiger partial charge in [0.2, 0.25) is 15.8 Å². The monoisotopic (exact) mass is 598 g/mol. The average molecular weight is 599 g/mol. The lowest BCUT2D eigenvalue weighted by atomic mass is 10.2. The Kier molecular flexibility index (Phi) is 7.98. The number of benzene rings is 2. The zero-order chi connectivity index (χ0) is 28.5. The van der Waals surface area contributed by atoms with Crippen LogP contribution in [0.15, 0.2) is 64.4 Å². The van der Waals surface area contributed by atoms with Gasteiger partial charge in [-0.1, -0.05) is 17.7 Å². The fourth-order valence-corrected chi connectivity index (χ4v) is 6.47. The van der Waals surface area contributed by atoms with E-state index in [2.05, 4.69) is 9.84 Å². The Morgan fingerprint density at radius 3 is 2.27 bits per heavy atom. The molecule has 0 N–H and O–H groups in total. The molecule has 2 aliphatic rings. The van der Waals surface area contributed by atoms with Crippen LogP contribution in [0.2, 0.25) is 5.02 Å². The number of hydrogen-bond donors (Lipinski definition) is 0. The van der Waals surface area contributed by atoms with Gasteiger partial charge in [-0.3, -0.25) is 4.79 Å². The van der Waals surface area contributed by atoms with Gasteiger partial charge in [-0.25, -0.2) is 8.42 Å². The molecule has 9 nitrogen and oxygen atoms in total. The fraction of sp³-hybridized carbons (Fsp3) is 0.385. The van der Waals surface area contributed by atoms with Crippen molar-refractivity contribution in [2.24, 2.45) is 0 Å². The molecule has 1 saturated heterocycles. The van der Waals surface area contributed by atoms with E-state index in [0.29, 0.717) is 16.4 Å².